The number of hydrogen-bond donors (Lipinski definition) is 1. The molecule has 1 fully saturated rings. The van der Waals surface area contributed by atoms with Crippen molar-refractivity contribution in [3.05, 3.63) is 108 Å². The zero-order valence-electron chi connectivity index (χ0n) is 19.6. The number of halogens is 3. The Morgan fingerprint density at radius 3 is 1.64 bits per heavy atom. The van der Waals surface area contributed by atoms with Gasteiger partial charge in [0.05, 0.1) is 26.4 Å². The van der Waals surface area contributed by atoms with Crippen LogP contribution in [0.2, 0.25) is 0 Å². The molecule has 1 N–H and O–H groups in total. The third-order valence-electron chi connectivity index (χ3n) is 5.95. The van der Waals surface area contributed by atoms with Gasteiger partial charge >= 0.3 is 4.83 Å². The Kier molecular flexibility index (Phi) is 9.59. The summed E-state index contributed by atoms with van der Waals surface area (Å²) in [6, 6.07) is 28.3. The van der Waals surface area contributed by atoms with Crippen molar-refractivity contribution in [2.75, 3.05) is 6.61 Å². The van der Waals surface area contributed by atoms with Gasteiger partial charge in [0.15, 0.2) is 6.10 Å². The van der Waals surface area contributed by atoms with Crippen LogP contribution in [-0.2, 0) is 38.8 Å². The molecule has 0 bridgehead atoms. The second-order valence-corrected chi connectivity index (χ2v) is 9.71. The number of rotatable bonds is 11. The summed E-state index contributed by atoms with van der Waals surface area (Å²) in [6.07, 6.45) is -6.34. The van der Waals surface area contributed by atoms with Crippen molar-refractivity contribution in [1.82, 2.24) is 0 Å². The molecule has 0 aromatic heterocycles. The van der Waals surface area contributed by atoms with Gasteiger partial charge in [-0.25, -0.2) is 0 Å². The maximum Gasteiger partial charge on any atom is 0.329 e. The van der Waals surface area contributed by atoms with Crippen LogP contribution in [0.3, 0.4) is 0 Å². The molecule has 0 saturated carbocycles. The summed E-state index contributed by atoms with van der Waals surface area (Å²) in [5, 5.41) is 11.0. The van der Waals surface area contributed by atoms with E-state index in [1.807, 2.05) is 91.0 Å². The molecule has 5 nitrogen and oxygen atoms in total. The molecule has 1 heterocycles. The average Bonchev–Trinajstić information content (AvgIpc) is 2.89. The maximum absolute atomic E-state index is 14.4. The summed E-state index contributed by atoms with van der Waals surface area (Å²) < 4.78 is 52.6. The van der Waals surface area contributed by atoms with Gasteiger partial charge in [-0.1, -0.05) is 91.0 Å². The molecule has 36 heavy (non-hydrogen) atoms. The summed E-state index contributed by atoms with van der Waals surface area (Å²) in [6.45, 7) is 0.564. The molecule has 1 aliphatic rings. The molecule has 8 heteroatoms. The third kappa shape index (κ3) is 7.41. The monoisotopic (exact) mass is 562 g/mol. The highest BCUT2D eigenvalue weighted by Crippen LogP contribution is 2.38. The maximum atomic E-state index is 14.4. The number of aliphatic hydroxyl groups excluding tert-OH is 1. The molecule has 5 atom stereocenters. The summed E-state index contributed by atoms with van der Waals surface area (Å²) >= 11 is 2.38. The van der Waals surface area contributed by atoms with Gasteiger partial charge in [-0.3, -0.25) is 0 Å². The fourth-order valence-electron chi connectivity index (χ4n) is 4.13. The van der Waals surface area contributed by atoms with Crippen LogP contribution in [0.4, 0.5) is 8.78 Å². The van der Waals surface area contributed by atoms with Gasteiger partial charge in [0.2, 0.25) is 0 Å². The quantitative estimate of drug-likeness (QED) is 0.313. The van der Waals surface area contributed by atoms with Crippen molar-refractivity contribution >= 4 is 15.9 Å². The highest BCUT2D eigenvalue weighted by molar-refractivity contribution is 9.10. The zero-order chi connectivity index (χ0) is 25.4. The molecule has 0 spiro atoms. The summed E-state index contributed by atoms with van der Waals surface area (Å²) in [4.78, 5) is -3.48. The van der Waals surface area contributed by atoms with Crippen LogP contribution < -0.4 is 0 Å². The molecule has 192 valence electrons. The van der Waals surface area contributed by atoms with E-state index in [9.17, 15) is 13.9 Å². The smallest absolute Gasteiger partial charge is 0.329 e. The lowest BCUT2D eigenvalue weighted by atomic mass is 9.94. The molecule has 0 radical (unpaired) electrons. The van der Waals surface area contributed by atoms with Crippen LogP contribution in [0.25, 0.3) is 0 Å². The predicted octanol–water partition coefficient (Wildman–Crippen LogP) is 5.49. The van der Waals surface area contributed by atoms with Crippen LogP contribution in [0, 0.1) is 0 Å². The fourth-order valence-corrected chi connectivity index (χ4v) is 4.50. The molecular weight excluding hydrogens is 534 g/mol. The molecule has 4 rings (SSSR count). The SMILES string of the molecule is O[C@H]1[C@@H](OCc2ccccc2)[C@H](OCc2ccccc2)[C@@H](COCc2ccccc2)O[C@@H]1C(F)(F)Br. The molecule has 3 aromatic carbocycles. The highest BCUT2D eigenvalue weighted by Gasteiger charge is 2.55. The first kappa shape index (κ1) is 26.9. The fraction of sp³-hybridized carbons (Fsp3) is 0.357. The molecule has 0 amide bonds. The molecule has 0 unspecified atom stereocenters. The second kappa shape index (κ2) is 12.9. The van der Waals surface area contributed by atoms with Crippen LogP contribution in [0.1, 0.15) is 16.7 Å². The van der Waals surface area contributed by atoms with Crippen molar-refractivity contribution in [1.29, 1.82) is 0 Å². The first-order valence-electron chi connectivity index (χ1n) is 11.7. The van der Waals surface area contributed by atoms with Gasteiger partial charge in [-0.2, -0.15) is 8.78 Å². The highest BCUT2D eigenvalue weighted by atomic mass is 79.9. The summed E-state index contributed by atoms with van der Waals surface area (Å²) in [7, 11) is 0. The first-order valence-corrected chi connectivity index (χ1v) is 12.5. The standard InChI is InChI=1S/C28H29BrF2O5/c29-28(30,31)27-24(32)26(35-18-22-14-8-3-9-15-22)25(34-17-21-12-6-2-7-13-21)23(36-27)19-33-16-20-10-4-1-5-11-20/h1-15,23-27,32H,16-19H2/t23-,24+,25-,26-,27+/m1/s1. The van der Waals surface area contributed by atoms with E-state index >= 15 is 0 Å². The molecule has 3 aromatic rings. The molecular formula is C28H29BrF2O5. The Morgan fingerprint density at radius 1 is 0.722 bits per heavy atom. The van der Waals surface area contributed by atoms with Crippen molar-refractivity contribution in [2.45, 2.75) is 55.2 Å². The van der Waals surface area contributed by atoms with E-state index in [1.54, 1.807) is 0 Å². The van der Waals surface area contributed by atoms with E-state index in [4.69, 9.17) is 18.9 Å². The van der Waals surface area contributed by atoms with Crippen molar-refractivity contribution in [3.8, 4) is 0 Å². The van der Waals surface area contributed by atoms with Gasteiger partial charge in [0, 0.05) is 0 Å². The molecule has 1 saturated heterocycles. The Balaban J connectivity index is 1.54. The van der Waals surface area contributed by atoms with Crippen molar-refractivity contribution in [2.24, 2.45) is 0 Å². The average molecular weight is 563 g/mol. The Bertz CT molecular complexity index is 1040. The lowest BCUT2D eigenvalue weighted by Crippen LogP contribution is -2.63. The van der Waals surface area contributed by atoms with Crippen molar-refractivity contribution in [3.63, 3.8) is 0 Å². The molecule has 0 aliphatic carbocycles. The third-order valence-corrected chi connectivity index (χ3v) is 6.40. The molecule has 1 aliphatic heterocycles. The normalized spacial score (nSPS) is 24.5. The number of ether oxygens (including phenoxy) is 4. The van der Waals surface area contributed by atoms with E-state index in [-0.39, 0.29) is 26.4 Å². The van der Waals surface area contributed by atoms with Gasteiger partial charge in [0.25, 0.3) is 0 Å². The number of hydrogen-bond acceptors (Lipinski definition) is 5. The number of alkyl halides is 3. The summed E-state index contributed by atoms with van der Waals surface area (Å²) in [5.41, 5.74) is 2.68. The van der Waals surface area contributed by atoms with Gasteiger partial charge in [-0.05, 0) is 32.6 Å². The second-order valence-electron chi connectivity index (χ2n) is 8.65. The topological polar surface area (TPSA) is 57.2 Å². The zero-order valence-corrected chi connectivity index (χ0v) is 21.2. The Hall–Kier alpha value is -2.20. The van der Waals surface area contributed by atoms with E-state index in [1.165, 1.54) is 0 Å². The minimum Gasteiger partial charge on any atom is -0.387 e. The number of aliphatic hydroxyl groups is 1. The lowest BCUT2D eigenvalue weighted by Gasteiger charge is -2.45. The van der Waals surface area contributed by atoms with E-state index in [2.05, 4.69) is 15.9 Å². The van der Waals surface area contributed by atoms with Crippen molar-refractivity contribution < 1.29 is 32.8 Å². The van der Waals surface area contributed by atoms with Crippen LogP contribution in [0.5, 0.6) is 0 Å². The van der Waals surface area contributed by atoms with Gasteiger partial charge < -0.3 is 24.1 Å². The lowest BCUT2D eigenvalue weighted by molar-refractivity contribution is -0.284. The minimum absolute atomic E-state index is 0.0220. The minimum atomic E-state index is -3.48. The van der Waals surface area contributed by atoms with Crippen LogP contribution in [-0.4, -0.2) is 47.1 Å². The first-order chi connectivity index (χ1) is 17.4. The van der Waals surface area contributed by atoms with E-state index < -0.39 is 35.4 Å². The van der Waals surface area contributed by atoms with E-state index in [0.29, 0.717) is 0 Å². The van der Waals surface area contributed by atoms with Crippen LogP contribution in [0.15, 0.2) is 91.0 Å². The Labute approximate surface area is 218 Å². The van der Waals surface area contributed by atoms with E-state index in [0.717, 1.165) is 16.7 Å². The van der Waals surface area contributed by atoms with Gasteiger partial charge in [0.1, 0.15) is 24.4 Å². The summed E-state index contributed by atoms with van der Waals surface area (Å²) in [5.74, 6) is 0. The Morgan fingerprint density at radius 2 is 1.17 bits per heavy atom. The number of benzene rings is 3. The van der Waals surface area contributed by atoms with Crippen LogP contribution >= 0.6 is 15.9 Å². The predicted molar refractivity (Wildman–Crippen MR) is 135 cm³/mol. The van der Waals surface area contributed by atoms with Gasteiger partial charge in [-0.15, -0.1) is 0 Å². The largest absolute Gasteiger partial charge is 0.387 e.